The van der Waals surface area contributed by atoms with Crippen molar-refractivity contribution in [3.8, 4) is 0 Å². The minimum Gasteiger partial charge on any atom is -0.480 e. The third kappa shape index (κ3) is 3.16. The molecule has 2 atom stereocenters. The van der Waals surface area contributed by atoms with Crippen molar-refractivity contribution in [1.82, 2.24) is 5.32 Å². The number of nitrogens with one attached hydrogen (secondary N) is 1. The highest BCUT2D eigenvalue weighted by atomic mass is 16.4. The molecule has 1 saturated carbocycles. The maximum atomic E-state index is 11.6. The average molecular weight is 243 g/mol. The molecule has 0 aromatic heterocycles. The smallest absolute Gasteiger partial charge is 0.329 e. The third-order valence-corrected chi connectivity index (χ3v) is 2.98. The van der Waals surface area contributed by atoms with Gasteiger partial charge in [0, 0.05) is 0 Å². The molecule has 0 heterocycles. The van der Waals surface area contributed by atoms with E-state index in [1.165, 1.54) is 6.92 Å². The Kier molecular flexibility index (Phi) is 3.72. The fourth-order valence-corrected chi connectivity index (χ4v) is 1.65. The van der Waals surface area contributed by atoms with Crippen LogP contribution >= 0.6 is 0 Å². The van der Waals surface area contributed by atoms with Crippen molar-refractivity contribution >= 4 is 17.8 Å². The number of carbonyl (C=O) groups is 3. The number of amides is 2. The SMILES string of the molecule is CC(NC(=O)C(N)CC(N)=O)(C(=O)O)C1CC1. The van der Waals surface area contributed by atoms with E-state index in [1.807, 2.05) is 0 Å². The van der Waals surface area contributed by atoms with Crippen LogP contribution in [0.15, 0.2) is 0 Å². The first-order valence-electron chi connectivity index (χ1n) is 5.36. The van der Waals surface area contributed by atoms with Gasteiger partial charge in [-0.1, -0.05) is 0 Å². The molecule has 0 spiro atoms. The highest BCUT2D eigenvalue weighted by molar-refractivity contribution is 5.92. The van der Waals surface area contributed by atoms with Crippen LogP contribution in [0.1, 0.15) is 26.2 Å². The summed E-state index contributed by atoms with van der Waals surface area (Å²) < 4.78 is 0. The second kappa shape index (κ2) is 4.70. The highest BCUT2D eigenvalue weighted by Crippen LogP contribution is 2.39. The van der Waals surface area contributed by atoms with E-state index in [0.717, 1.165) is 12.8 Å². The maximum Gasteiger partial charge on any atom is 0.329 e. The molecule has 1 aliphatic rings. The van der Waals surface area contributed by atoms with E-state index in [4.69, 9.17) is 16.6 Å². The van der Waals surface area contributed by atoms with E-state index in [0.29, 0.717) is 0 Å². The fraction of sp³-hybridized carbons (Fsp3) is 0.700. The highest BCUT2D eigenvalue weighted by Gasteiger charge is 2.49. The predicted octanol–water partition coefficient (Wildman–Crippen LogP) is -1.44. The molecule has 96 valence electrons. The Labute approximate surface area is 98.5 Å². The number of primary amides is 1. The van der Waals surface area contributed by atoms with Gasteiger partial charge in [-0.3, -0.25) is 9.59 Å². The second-order valence-corrected chi connectivity index (χ2v) is 4.55. The van der Waals surface area contributed by atoms with Gasteiger partial charge in [-0.05, 0) is 25.7 Å². The fourth-order valence-electron chi connectivity index (χ4n) is 1.65. The number of hydrogen-bond acceptors (Lipinski definition) is 4. The molecular weight excluding hydrogens is 226 g/mol. The summed E-state index contributed by atoms with van der Waals surface area (Å²) in [6.45, 7) is 1.45. The zero-order valence-corrected chi connectivity index (χ0v) is 9.60. The lowest BCUT2D eigenvalue weighted by Crippen LogP contribution is -2.58. The minimum atomic E-state index is -1.31. The molecule has 6 N–H and O–H groups in total. The molecule has 7 heteroatoms. The lowest BCUT2D eigenvalue weighted by Gasteiger charge is -2.27. The summed E-state index contributed by atoms with van der Waals surface area (Å²) in [4.78, 5) is 33.4. The summed E-state index contributed by atoms with van der Waals surface area (Å²) in [6.07, 6.45) is 1.22. The monoisotopic (exact) mass is 243 g/mol. The Morgan fingerprint density at radius 2 is 2.00 bits per heavy atom. The summed E-state index contributed by atoms with van der Waals surface area (Å²) >= 11 is 0. The van der Waals surface area contributed by atoms with Crippen LogP contribution in [0.2, 0.25) is 0 Å². The first-order chi connectivity index (χ1) is 7.77. The number of carboxylic acids is 1. The summed E-state index contributed by atoms with van der Waals surface area (Å²) in [5.74, 6) is -2.54. The van der Waals surface area contributed by atoms with E-state index < -0.39 is 29.4 Å². The quantitative estimate of drug-likeness (QED) is 0.453. The molecule has 1 fully saturated rings. The molecular formula is C10H17N3O4. The Balaban J connectivity index is 2.64. The van der Waals surface area contributed by atoms with Gasteiger partial charge in [0.25, 0.3) is 0 Å². The average Bonchev–Trinajstić information content (AvgIpc) is 2.98. The normalized spacial score (nSPS) is 20.1. The molecule has 7 nitrogen and oxygen atoms in total. The Morgan fingerprint density at radius 1 is 1.47 bits per heavy atom. The number of hydrogen-bond donors (Lipinski definition) is 4. The first-order valence-corrected chi connectivity index (χ1v) is 5.36. The molecule has 2 unspecified atom stereocenters. The van der Waals surface area contributed by atoms with Gasteiger partial charge >= 0.3 is 5.97 Å². The lowest BCUT2D eigenvalue weighted by molar-refractivity contribution is -0.148. The van der Waals surface area contributed by atoms with Gasteiger partial charge in [0.15, 0.2) is 0 Å². The standard InChI is InChI=1S/C10H17N3O4/c1-10(9(16)17,5-2-3-5)13-8(15)6(11)4-7(12)14/h5-6H,2-4,11H2,1H3,(H2,12,14)(H,13,15)(H,16,17). The van der Waals surface area contributed by atoms with E-state index in [9.17, 15) is 14.4 Å². The summed E-state index contributed by atoms with van der Waals surface area (Å²) in [5.41, 5.74) is 9.04. The molecule has 0 radical (unpaired) electrons. The van der Waals surface area contributed by atoms with Gasteiger partial charge in [-0.15, -0.1) is 0 Å². The zero-order chi connectivity index (χ0) is 13.2. The Bertz CT molecular complexity index is 353. The van der Waals surface area contributed by atoms with Gasteiger partial charge in [0.1, 0.15) is 5.54 Å². The summed E-state index contributed by atoms with van der Waals surface area (Å²) in [5, 5.41) is 11.5. The van der Waals surface area contributed by atoms with Crippen molar-refractivity contribution < 1.29 is 19.5 Å². The van der Waals surface area contributed by atoms with Crippen LogP contribution in [0.3, 0.4) is 0 Å². The van der Waals surface area contributed by atoms with Crippen molar-refractivity contribution in [3.05, 3.63) is 0 Å². The van der Waals surface area contributed by atoms with Crippen molar-refractivity contribution in [2.24, 2.45) is 17.4 Å². The minimum absolute atomic E-state index is 0.0790. The van der Waals surface area contributed by atoms with Gasteiger partial charge in [-0.2, -0.15) is 0 Å². The van der Waals surface area contributed by atoms with Gasteiger partial charge < -0.3 is 21.9 Å². The second-order valence-electron chi connectivity index (χ2n) is 4.55. The molecule has 17 heavy (non-hydrogen) atoms. The molecule has 0 aliphatic heterocycles. The van der Waals surface area contributed by atoms with E-state index in [1.54, 1.807) is 0 Å². The number of carboxylic acid groups (broad SMARTS) is 1. The van der Waals surface area contributed by atoms with Crippen molar-refractivity contribution in [1.29, 1.82) is 0 Å². The summed E-state index contributed by atoms with van der Waals surface area (Å²) in [6, 6.07) is -1.11. The third-order valence-electron chi connectivity index (χ3n) is 2.98. The summed E-state index contributed by atoms with van der Waals surface area (Å²) in [7, 11) is 0. The van der Waals surface area contributed by atoms with Gasteiger partial charge in [-0.25, -0.2) is 4.79 Å². The number of carbonyl (C=O) groups excluding carboxylic acids is 2. The maximum absolute atomic E-state index is 11.6. The van der Waals surface area contributed by atoms with Crippen molar-refractivity contribution in [2.45, 2.75) is 37.8 Å². The van der Waals surface area contributed by atoms with Gasteiger partial charge in [0.05, 0.1) is 12.5 Å². The number of aliphatic carboxylic acids is 1. The van der Waals surface area contributed by atoms with Crippen LogP contribution in [-0.4, -0.2) is 34.5 Å². The van der Waals surface area contributed by atoms with Crippen LogP contribution in [0.5, 0.6) is 0 Å². The topological polar surface area (TPSA) is 136 Å². The molecule has 0 aromatic carbocycles. The van der Waals surface area contributed by atoms with Crippen LogP contribution < -0.4 is 16.8 Å². The van der Waals surface area contributed by atoms with Crippen molar-refractivity contribution in [2.75, 3.05) is 0 Å². The first kappa shape index (κ1) is 13.4. The molecule has 0 aromatic rings. The van der Waals surface area contributed by atoms with Gasteiger partial charge in [0.2, 0.25) is 11.8 Å². The molecule has 0 bridgehead atoms. The van der Waals surface area contributed by atoms with E-state index in [-0.39, 0.29) is 12.3 Å². The molecule has 0 saturated heterocycles. The van der Waals surface area contributed by atoms with Crippen LogP contribution in [0.25, 0.3) is 0 Å². The molecule has 2 amide bonds. The van der Waals surface area contributed by atoms with E-state index in [2.05, 4.69) is 5.32 Å². The zero-order valence-electron chi connectivity index (χ0n) is 9.60. The number of nitrogens with two attached hydrogens (primary N) is 2. The van der Waals surface area contributed by atoms with E-state index >= 15 is 0 Å². The van der Waals surface area contributed by atoms with Crippen molar-refractivity contribution in [3.63, 3.8) is 0 Å². The molecule has 1 rings (SSSR count). The molecule has 1 aliphatic carbocycles. The lowest BCUT2D eigenvalue weighted by atomic mass is 9.95. The Hall–Kier alpha value is -1.63. The van der Waals surface area contributed by atoms with Crippen LogP contribution in [-0.2, 0) is 14.4 Å². The largest absolute Gasteiger partial charge is 0.480 e. The van der Waals surface area contributed by atoms with Crippen LogP contribution in [0.4, 0.5) is 0 Å². The predicted molar refractivity (Wildman–Crippen MR) is 58.7 cm³/mol. The number of rotatable bonds is 6. The van der Waals surface area contributed by atoms with Crippen LogP contribution in [0, 0.1) is 5.92 Å². The Morgan fingerprint density at radius 3 is 2.35 bits per heavy atom.